The first-order valence-electron chi connectivity index (χ1n) is 8.60. The normalized spacial score (nSPS) is 17.7. The summed E-state index contributed by atoms with van der Waals surface area (Å²) >= 11 is 3.38. The third kappa shape index (κ3) is 3.74. The summed E-state index contributed by atoms with van der Waals surface area (Å²) < 4.78 is 0.588. The smallest absolute Gasteiger partial charge is 0.251 e. The molecule has 2 heterocycles. The molecular weight excluding hydrogens is 402 g/mol. The van der Waals surface area contributed by atoms with Crippen LogP contribution in [0.5, 0.6) is 5.88 Å². The number of rotatable bonds is 7. The molecule has 0 spiro atoms. The first-order chi connectivity index (χ1) is 12.5. The van der Waals surface area contributed by atoms with Crippen LogP contribution in [-0.4, -0.2) is 58.3 Å². The molecule has 26 heavy (non-hydrogen) atoms. The summed E-state index contributed by atoms with van der Waals surface area (Å²) in [6.45, 7) is 2.60. The zero-order valence-corrected chi connectivity index (χ0v) is 15.8. The number of aromatic amines is 1. The summed E-state index contributed by atoms with van der Waals surface area (Å²) in [6.07, 6.45) is 2.96. The van der Waals surface area contributed by atoms with E-state index in [0.717, 1.165) is 32.4 Å². The number of carbonyl (C=O) groups excluding carboxylic acids is 1. The fourth-order valence-electron chi connectivity index (χ4n) is 3.47. The lowest BCUT2D eigenvalue weighted by Gasteiger charge is -2.22. The maximum Gasteiger partial charge on any atom is 0.251 e. The molecule has 1 saturated heterocycles. The molecule has 1 amide bonds. The van der Waals surface area contributed by atoms with Gasteiger partial charge in [0.15, 0.2) is 5.69 Å². The van der Waals surface area contributed by atoms with Gasteiger partial charge in [-0.25, -0.2) is 5.53 Å². The number of aliphatic hydroxyl groups excluding tert-OH is 1. The van der Waals surface area contributed by atoms with Crippen molar-refractivity contribution in [1.82, 2.24) is 15.2 Å². The Bertz CT molecular complexity index is 822. The molecule has 1 atom stereocenters. The number of likely N-dealkylation sites (tertiary alicyclic amines) is 1. The fraction of sp³-hybridized carbons (Fsp3) is 0.471. The molecule has 1 aliphatic rings. The van der Waals surface area contributed by atoms with Crippen molar-refractivity contribution < 1.29 is 15.0 Å². The van der Waals surface area contributed by atoms with Crippen molar-refractivity contribution in [2.75, 3.05) is 26.2 Å². The van der Waals surface area contributed by atoms with Gasteiger partial charge < -0.3 is 20.5 Å². The predicted molar refractivity (Wildman–Crippen MR) is 101 cm³/mol. The third-order valence-corrected chi connectivity index (χ3v) is 5.42. The Morgan fingerprint density at radius 1 is 1.50 bits per heavy atom. The van der Waals surface area contributed by atoms with Gasteiger partial charge in [0.05, 0.1) is 12.1 Å². The molecule has 5 N–H and O–H groups in total. The minimum Gasteiger partial charge on any atom is -0.493 e. The number of fused-ring (bicyclic) bond motifs is 1. The van der Waals surface area contributed by atoms with Crippen molar-refractivity contribution in [2.24, 2.45) is 5.11 Å². The molecule has 2 aromatic rings. The van der Waals surface area contributed by atoms with Crippen molar-refractivity contribution >= 4 is 38.4 Å². The molecule has 0 unspecified atom stereocenters. The van der Waals surface area contributed by atoms with Gasteiger partial charge in [0.25, 0.3) is 5.91 Å². The van der Waals surface area contributed by atoms with Crippen molar-refractivity contribution in [3.63, 3.8) is 0 Å². The first kappa shape index (κ1) is 18.8. The Hall–Kier alpha value is -1.97. The zero-order valence-electron chi connectivity index (χ0n) is 14.3. The summed E-state index contributed by atoms with van der Waals surface area (Å²) in [5.41, 5.74) is 8.29. The summed E-state index contributed by atoms with van der Waals surface area (Å²) in [5, 5.41) is 25.9. The van der Waals surface area contributed by atoms with E-state index < -0.39 is 0 Å². The van der Waals surface area contributed by atoms with Crippen LogP contribution in [0.15, 0.2) is 21.7 Å². The summed E-state index contributed by atoms with van der Waals surface area (Å²) in [4.78, 5) is 17.4. The topological polar surface area (TPSA) is 125 Å². The highest BCUT2D eigenvalue weighted by Crippen LogP contribution is 2.40. The lowest BCUT2D eigenvalue weighted by atomic mass is 10.1. The number of benzene rings is 1. The number of H-pyrrole nitrogens is 1. The van der Waals surface area contributed by atoms with Crippen LogP contribution in [0.25, 0.3) is 10.9 Å². The molecule has 0 bridgehead atoms. The van der Waals surface area contributed by atoms with Crippen LogP contribution in [0, 0.1) is 5.53 Å². The van der Waals surface area contributed by atoms with Crippen molar-refractivity contribution in [1.29, 1.82) is 5.53 Å². The van der Waals surface area contributed by atoms with Gasteiger partial charge in [0.2, 0.25) is 5.88 Å². The van der Waals surface area contributed by atoms with Gasteiger partial charge in [-0.2, -0.15) is 5.11 Å². The van der Waals surface area contributed by atoms with Crippen LogP contribution in [0.2, 0.25) is 0 Å². The van der Waals surface area contributed by atoms with E-state index in [2.05, 4.69) is 36.2 Å². The van der Waals surface area contributed by atoms with Gasteiger partial charge in [-0.15, -0.1) is 0 Å². The van der Waals surface area contributed by atoms with Crippen LogP contribution < -0.4 is 5.32 Å². The number of aromatic hydroxyl groups is 1. The number of amides is 1. The molecule has 140 valence electrons. The second-order valence-corrected chi connectivity index (χ2v) is 7.29. The number of hydrogen-bond donors (Lipinski definition) is 5. The van der Waals surface area contributed by atoms with E-state index in [4.69, 9.17) is 5.53 Å². The van der Waals surface area contributed by atoms with Crippen LogP contribution in [0.4, 0.5) is 5.69 Å². The minimum absolute atomic E-state index is 0.142. The van der Waals surface area contributed by atoms with Gasteiger partial charge in [-0.1, -0.05) is 0 Å². The Labute approximate surface area is 159 Å². The van der Waals surface area contributed by atoms with Gasteiger partial charge in [0, 0.05) is 34.6 Å². The van der Waals surface area contributed by atoms with Gasteiger partial charge in [-0.3, -0.25) is 9.69 Å². The van der Waals surface area contributed by atoms with E-state index in [0.29, 0.717) is 27.5 Å². The van der Waals surface area contributed by atoms with Crippen molar-refractivity contribution in [3.8, 4) is 5.88 Å². The third-order valence-electron chi connectivity index (χ3n) is 4.80. The lowest BCUT2D eigenvalue weighted by molar-refractivity contribution is 0.0949. The van der Waals surface area contributed by atoms with E-state index in [-0.39, 0.29) is 30.1 Å². The highest BCUT2D eigenvalue weighted by Gasteiger charge is 2.23. The van der Waals surface area contributed by atoms with E-state index in [9.17, 15) is 15.0 Å². The maximum absolute atomic E-state index is 12.4. The Kier molecular flexibility index (Phi) is 5.90. The summed E-state index contributed by atoms with van der Waals surface area (Å²) in [7, 11) is 0. The van der Waals surface area contributed by atoms with E-state index in [1.807, 2.05) is 0 Å². The van der Waals surface area contributed by atoms with Gasteiger partial charge in [0.1, 0.15) is 0 Å². The fourth-order valence-corrected chi connectivity index (χ4v) is 4.12. The quantitative estimate of drug-likeness (QED) is 0.346. The van der Waals surface area contributed by atoms with Gasteiger partial charge in [-0.05, 0) is 53.9 Å². The monoisotopic (exact) mass is 423 g/mol. The molecule has 1 aliphatic heterocycles. The number of carbonyl (C=O) groups is 1. The molecule has 1 aromatic heterocycles. The van der Waals surface area contributed by atoms with E-state index >= 15 is 0 Å². The highest BCUT2D eigenvalue weighted by molar-refractivity contribution is 9.10. The molecular formula is C17H22BrN5O3. The van der Waals surface area contributed by atoms with Crippen LogP contribution >= 0.6 is 15.9 Å². The summed E-state index contributed by atoms with van der Waals surface area (Å²) in [5.74, 6) is -0.400. The highest BCUT2D eigenvalue weighted by atomic mass is 79.9. The SMILES string of the molecule is N=Nc1c(O)[nH]c2cc(C(=O)NCCCN3CCC[C@H]3CO)cc(Br)c12. The molecule has 0 saturated carbocycles. The molecule has 3 rings (SSSR count). The number of halogens is 1. The number of hydrogen-bond acceptors (Lipinski definition) is 6. The molecule has 9 heteroatoms. The van der Waals surface area contributed by atoms with Crippen LogP contribution in [-0.2, 0) is 0 Å². The van der Waals surface area contributed by atoms with E-state index in [1.54, 1.807) is 12.1 Å². The number of nitrogens with one attached hydrogen (secondary N) is 3. The summed E-state index contributed by atoms with van der Waals surface area (Å²) in [6, 6.07) is 3.54. The molecule has 0 radical (unpaired) electrons. The predicted octanol–water partition coefficient (Wildman–Crippen LogP) is 2.88. The standard InChI is InChI=1S/C17H22BrN5O3/c18-12-7-10(8-13-14(12)15(22-19)17(26)21-13)16(25)20-4-2-6-23-5-1-3-11(23)9-24/h7-8,11,19,21,24,26H,1-6,9H2,(H,20,25)/t11-/m0/s1. The lowest BCUT2D eigenvalue weighted by Crippen LogP contribution is -2.35. The molecule has 1 aromatic carbocycles. The number of nitrogens with zero attached hydrogens (tertiary/aromatic N) is 2. The largest absolute Gasteiger partial charge is 0.493 e. The van der Waals surface area contributed by atoms with Gasteiger partial charge >= 0.3 is 0 Å². The number of aliphatic hydroxyl groups is 1. The van der Waals surface area contributed by atoms with Crippen LogP contribution in [0.1, 0.15) is 29.6 Å². The molecule has 8 nitrogen and oxygen atoms in total. The zero-order chi connectivity index (χ0) is 18.7. The molecule has 1 fully saturated rings. The van der Waals surface area contributed by atoms with Crippen molar-refractivity contribution in [2.45, 2.75) is 25.3 Å². The average Bonchev–Trinajstić information content (AvgIpc) is 3.21. The Balaban J connectivity index is 1.60. The minimum atomic E-state index is -0.203. The Morgan fingerprint density at radius 2 is 2.31 bits per heavy atom. The first-order valence-corrected chi connectivity index (χ1v) is 9.39. The average molecular weight is 424 g/mol. The molecule has 0 aliphatic carbocycles. The Morgan fingerprint density at radius 3 is 3.04 bits per heavy atom. The number of aromatic nitrogens is 1. The second kappa shape index (κ2) is 8.15. The second-order valence-electron chi connectivity index (χ2n) is 6.44. The van der Waals surface area contributed by atoms with Crippen LogP contribution in [0.3, 0.4) is 0 Å². The van der Waals surface area contributed by atoms with E-state index in [1.165, 1.54) is 0 Å². The van der Waals surface area contributed by atoms with Crippen molar-refractivity contribution in [3.05, 3.63) is 22.2 Å². The maximum atomic E-state index is 12.4.